The summed E-state index contributed by atoms with van der Waals surface area (Å²) in [4.78, 5) is 35.8. The van der Waals surface area contributed by atoms with Gasteiger partial charge in [0.1, 0.15) is 36.6 Å². The van der Waals surface area contributed by atoms with Crippen LogP contribution in [0.3, 0.4) is 0 Å². The van der Waals surface area contributed by atoms with Crippen LogP contribution < -0.4 is 16.0 Å². The number of hydrogen-bond donors (Lipinski definition) is 11. The number of aliphatic hydroxyl groups is 8. The Bertz CT molecular complexity index is 1040. The Labute approximate surface area is 271 Å². The third-order valence-corrected chi connectivity index (χ3v) is 8.85. The third-order valence-electron chi connectivity index (χ3n) is 8.85. The smallest absolute Gasteiger partial charge is 0.217 e. The predicted molar refractivity (Wildman–Crippen MR) is 155 cm³/mol. The Morgan fingerprint density at radius 3 is 1.72 bits per heavy atom. The Kier molecular flexibility index (Phi) is 14.7. The van der Waals surface area contributed by atoms with Gasteiger partial charge in [-0.15, -0.1) is 0 Å². The fourth-order valence-electron chi connectivity index (χ4n) is 6.66. The van der Waals surface area contributed by atoms with Gasteiger partial charge in [-0.25, -0.2) is 0 Å². The van der Waals surface area contributed by atoms with Gasteiger partial charge < -0.3 is 80.5 Å². The van der Waals surface area contributed by atoms with E-state index in [1.807, 2.05) is 0 Å². The summed E-state index contributed by atoms with van der Waals surface area (Å²) < 4.78 is 28.8. The number of nitrogens with one attached hydrogen (secondary N) is 3. The van der Waals surface area contributed by atoms with Crippen molar-refractivity contribution in [1.82, 2.24) is 16.0 Å². The van der Waals surface area contributed by atoms with E-state index in [0.717, 1.165) is 0 Å². The molecule has 19 heteroatoms. The van der Waals surface area contributed by atoms with Crippen LogP contribution in [0.2, 0.25) is 0 Å². The van der Waals surface area contributed by atoms with Gasteiger partial charge in [-0.05, 0) is 0 Å². The highest BCUT2D eigenvalue weighted by Gasteiger charge is 2.56. The van der Waals surface area contributed by atoms with Crippen LogP contribution in [0.15, 0.2) is 0 Å². The molecule has 0 aromatic rings. The molecule has 0 aromatic carbocycles. The molecule has 0 spiro atoms. The number of rotatable bonds is 13. The number of ether oxygens (including phenoxy) is 5. The second kappa shape index (κ2) is 17.5. The van der Waals surface area contributed by atoms with Crippen LogP contribution in [-0.4, -0.2) is 184 Å². The van der Waals surface area contributed by atoms with Crippen molar-refractivity contribution in [2.75, 3.05) is 40.1 Å². The maximum Gasteiger partial charge on any atom is 0.217 e. The van der Waals surface area contributed by atoms with Gasteiger partial charge in [0, 0.05) is 39.7 Å². The molecule has 3 fully saturated rings. The Hall–Kier alpha value is -2.11. The van der Waals surface area contributed by atoms with E-state index >= 15 is 0 Å². The number of hydrogen-bond acceptors (Lipinski definition) is 16. The molecule has 3 aliphatic rings. The van der Waals surface area contributed by atoms with Crippen LogP contribution in [0.4, 0.5) is 0 Å². The third kappa shape index (κ3) is 9.12. The Morgan fingerprint density at radius 2 is 1.19 bits per heavy atom. The normalized spacial score (nSPS) is 41.5. The first-order valence-electron chi connectivity index (χ1n) is 15.3. The van der Waals surface area contributed by atoms with Crippen LogP contribution in [0.1, 0.15) is 20.8 Å². The van der Waals surface area contributed by atoms with Gasteiger partial charge in [0.2, 0.25) is 17.7 Å². The standard InChI is InChI=1S/C28H49N3O16/c1-10(35)29-19-17(45-16(7-34)23(39)25(19)41)9-44-8-13-14(5-32)46-27(20(22(13)38)30-11(2)36)26(43-4)18-15(6-33)47-28(42)21(24(18)40)31-12(3)37/h13-28,32-34,38-42H,5-9H2,1-4H3,(H,29,35)(H,30,36)(H,31,37). The highest BCUT2D eigenvalue weighted by atomic mass is 16.6. The van der Waals surface area contributed by atoms with Gasteiger partial charge in [-0.2, -0.15) is 0 Å². The van der Waals surface area contributed by atoms with E-state index < -0.39 is 135 Å². The van der Waals surface area contributed by atoms with Crippen LogP contribution in [0.5, 0.6) is 0 Å². The molecule has 16 atom stereocenters. The molecule has 0 radical (unpaired) electrons. The SMILES string of the molecule is COC(C1OC(CO)C(COCC2OC(CO)C(O)C(O)C2NC(C)=O)C(O)C1NC(C)=O)C1C(CO)OC(O)C(NC(C)=O)C1O. The van der Waals surface area contributed by atoms with E-state index in [1.54, 1.807) is 0 Å². The summed E-state index contributed by atoms with van der Waals surface area (Å²) in [6, 6.07) is -3.71. The van der Waals surface area contributed by atoms with Crippen molar-refractivity contribution < 1.29 is 78.9 Å². The van der Waals surface area contributed by atoms with Gasteiger partial charge in [0.15, 0.2) is 6.29 Å². The molecular weight excluding hydrogens is 634 g/mol. The summed E-state index contributed by atoms with van der Waals surface area (Å²) >= 11 is 0. The van der Waals surface area contributed by atoms with E-state index in [4.69, 9.17) is 23.7 Å². The molecule has 19 nitrogen and oxygen atoms in total. The van der Waals surface area contributed by atoms with Crippen LogP contribution in [-0.2, 0) is 38.1 Å². The van der Waals surface area contributed by atoms with Gasteiger partial charge in [0.05, 0.1) is 75.6 Å². The molecule has 0 aromatic heterocycles. The van der Waals surface area contributed by atoms with Crippen molar-refractivity contribution in [3.05, 3.63) is 0 Å². The fraction of sp³-hybridized carbons (Fsp3) is 0.893. The van der Waals surface area contributed by atoms with Crippen LogP contribution in [0.25, 0.3) is 0 Å². The van der Waals surface area contributed by atoms with Gasteiger partial charge in [-0.1, -0.05) is 0 Å². The first-order chi connectivity index (χ1) is 22.2. The summed E-state index contributed by atoms with van der Waals surface area (Å²) in [7, 11) is 1.24. The second-order valence-electron chi connectivity index (χ2n) is 12.1. The first-order valence-corrected chi connectivity index (χ1v) is 15.3. The zero-order chi connectivity index (χ0) is 35.2. The predicted octanol–water partition coefficient (Wildman–Crippen LogP) is -6.56. The minimum Gasteiger partial charge on any atom is -0.394 e. The van der Waals surface area contributed by atoms with Crippen molar-refractivity contribution in [3.8, 4) is 0 Å². The lowest BCUT2D eigenvalue weighted by atomic mass is 9.76. The van der Waals surface area contributed by atoms with Crippen LogP contribution >= 0.6 is 0 Å². The van der Waals surface area contributed by atoms with Crippen molar-refractivity contribution in [3.63, 3.8) is 0 Å². The van der Waals surface area contributed by atoms with E-state index in [1.165, 1.54) is 27.9 Å². The summed E-state index contributed by atoms with van der Waals surface area (Å²) in [5, 5.41) is 91.5. The van der Waals surface area contributed by atoms with Crippen molar-refractivity contribution in [2.24, 2.45) is 11.8 Å². The number of amides is 3. The topological polar surface area (TPSA) is 295 Å². The van der Waals surface area contributed by atoms with E-state index in [9.17, 15) is 55.2 Å². The number of methoxy groups -OCH3 is 1. The molecule has 3 heterocycles. The quantitative estimate of drug-likeness (QED) is 0.0860. The lowest BCUT2D eigenvalue weighted by Gasteiger charge is -2.51. The zero-order valence-electron chi connectivity index (χ0n) is 26.6. The summed E-state index contributed by atoms with van der Waals surface area (Å²) in [6.45, 7) is 0.948. The summed E-state index contributed by atoms with van der Waals surface area (Å²) in [5.41, 5.74) is 0. The maximum absolute atomic E-state index is 12.3. The molecular formula is C28H49N3O16. The minimum atomic E-state index is -1.69. The molecule has 3 aliphatic heterocycles. The zero-order valence-corrected chi connectivity index (χ0v) is 26.6. The van der Waals surface area contributed by atoms with Gasteiger partial charge in [0.25, 0.3) is 0 Å². The van der Waals surface area contributed by atoms with Crippen molar-refractivity contribution in [1.29, 1.82) is 0 Å². The average molecular weight is 684 g/mol. The second-order valence-corrected chi connectivity index (χ2v) is 12.1. The molecule has 0 bridgehead atoms. The van der Waals surface area contributed by atoms with Crippen molar-refractivity contribution in [2.45, 2.75) is 106 Å². The summed E-state index contributed by atoms with van der Waals surface area (Å²) in [6.07, 6.45) is -14.9. The molecule has 272 valence electrons. The minimum absolute atomic E-state index is 0.307. The Morgan fingerprint density at radius 1 is 0.638 bits per heavy atom. The average Bonchev–Trinajstić information content (AvgIpc) is 3.01. The molecule has 11 N–H and O–H groups in total. The molecule has 0 aliphatic carbocycles. The number of carbonyl (C=O) groups excluding carboxylic acids is 3. The van der Waals surface area contributed by atoms with Gasteiger partial charge in [-0.3, -0.25) is 14.4 Å². The number of aliphatic hydroxyl groups excluding tert-OH is 8. The highest BCUT2D eigenvalue weighted by Crippen LogP contribution is 2.37. The molecule has 47 heavy (non-hydrogen) atoms. The van der Waals surface area contributed by atoms with Gasteiger partial charge >= 0.3 is 0 Å². The van der Waals surface area contributed by atoms with E-state index in [-0.39, 0.29) is 13.2 Å². The molecule has 3 saturated heterocycles. The maximum atomic E-state index is 12.3. The van der Waals surface area contributed by atoms with Crippen LogP contribution in [0, 0.1) is 11.8 Å². The fourth-order valence-corrected chi connectivity index (χ4v) is 6.66. The largest absolute Gasteiger partial charge is 0.394 e. The molecule has 0 saturated carbocycles. The molecule has 3 amide bonds. The first kappa shape index (κ1) is 39.3. The van der Waals surface area contributed by atoms with E-state index in [0.29, 0.717) is 0 Å². The Balaban J connectivity index is 1.85. The number of carbonyl (C=O) groups is 3. The van der Waals surface area contributed by atoms with E-state index in [2.05, 4.69) is 16.0 Å². The lowest BCUT2D eigenvalue weighted by molar-refractivity contribution is -0.277. The summed E-state index contributed by atoms with van der Waals surface area (Å²) in [5.74, 6) is -3.90. The highest BCUT2D eigenvalue weighted by molar-refractivity contribution is 5.74. The van der Waals surface area contributed by atoms with Crippen molar-refractivity contribution >= 4 is 17.7 Å². The molecule has 3 rings (SSSR count). The molecule has 16 unspecified atom stereocenters. The lowest BCUT2D eigenvalue weighted by Crippen LogP contribution is -2.70. The monoisotopic (exact) mass is 683 g/mol.